The van der Waals surface area contributed by atoms with Gasteiger partial charge in [-0.05, 0) is 31.0 Å². The molecule has 154 valence electrons. The van der Waals surface area contributed by atoms with Gasteiger partial charge in [-0.3, -0.25) is 9.59 Å². The predicted octanol–water partition coefficient (Wildman–Crippen LogP) is 1.62. The number of esters is 1. The molecular weight excluding hydrogens is 384 g/mol. The molecule has 1 saturated heterocycles. The maximum Gasteiger partial charge on any atom is 0.338 e. The molecule has 1 aromatic carbocycles. The lowest BCUT2D eigenvalue weighted by Crippen LogP contribution is -2.43. The number of nitrogens with zero attached hydrogens (tertiary/aromatic N) is 1. The van der Waals surface area contributed by atoms with Gasteiger partial charge < -0.3 is 15.0 Å². The van der Waals surface area contributed by atoms with E-state index in [1.54, 1.807) is 12.1 Å². The second-order valence-corrected chi connectivity index (χ2v) is 9.06. The fourth-order valence-electron chi connectivity index (χ4n) is 3.08. The number of carbonyl (C=O) groups excluding carboxylic acids is 3. The SMILES string of the molecule is CCCCN(C(=O)COC(=O)c1cccc(NC(C)=O)c1)[C@@H]1CCS(=O)(=O)C1. The summed E-state index contributed by atoms with van der Waals surface area (Å²) in [6.45, 7) is 3.32. The van der Waals surface area contributed by atoms with Crippen molar-refractivity contribution in [2.75, 3.05) is 30.0 Å². The van der Waals surface area contributed by atoms with E-state index in [2.05, 4.69) is 5.32 Å². The zero-order valence-corrected chi connectivity index (χ0v) is 17.0. The predicted molar refractivity (Wildman–Crippen MR) is 105 cm³/mol. The molecule has 1 aliphatic rings. The highest BCUT2D eigenvalue weighted by molar-refractivity contribution is 7.91. The van der Waals surface area contributed by atoms with Crippen LogP contribution in [0.2, 0.25) is 0 Å². The summed E-state index contributed by atoms with van der Waals surface area (Å²) in [6.07, 6.45) is 2.01. The lowest BCUT2D eigenvalue weighted by molar-refractivity contribution is -0.136. The van der Waals surface area contributed by atoms with E-state index in [1.807, 2.05) is 6.92 Å². The van der Waals surface area contributed by atoms with Crippen molar-refractivity contribution in [3.05, 3.63) is 29.8 Å². The van der Waals surface area contributed by atoms with Crippen molar-refractivity contribution in [2.24, 2.45) is 0 Å². The average molecular weight is 410 g/mol. The summed E-state index contributed by atoms with van der Waals surface area (Å²) in [5.74, 6) is -1.32. The van der Waals surface area contributed by atoms with Crippen molar-refractivity contribution in [3.8, 4) is 0 Å². The molecule has 9 heteroatoms. The summed E-state index contributed by atoms with van der Waals surface area (Å²) in [5.41, 5.74) is 0.664. The van der Waals surface area contributed by atoms with Crippen LogP contribution in [0, 0.1) is 0 Å². The number of carbonyl (C=O) groups is 3. The highest BCUT2D eigenvalue weighted by Gasteiger charge is 2.34. The molecule has 1 aromatic rings. The lowest BCUT2D eigenvalue weighted by Gasteiger charge is -2.28. The summed E-state index contributed by atoms with van der Waals surface area (Å²) < 4.78 is 28.6. The topological polar surface area (TPSA) is 110 Å². The Morgan fingerprint density at radius 3 is 2.64 bits per heavy atom. The van der Waals surface area contributed by atoms with Crippen LogP contribution in [0.4, 0.5) is 5.69 Å². The summed E-state index contributed by atoms with van der Waals surface area (Å²) in [6, 6.07) is 5.85. The van der Waals surface area contributed by atoms with Crippen molar-refractivity contribution in [2.45, 2.75) is 39.2 Å². The Labute approximate surface area is 165 Å². The first kappa shape index (κ1) is 21.9. The molecule has 1 heterocycles. The van der Waals surface area contributed by atoms with Gasteiger partial charge in [0.2, 0.25) is 5.91 Å². The first-order chi connectivity index (χ1) is 13.2. The Kier molecular flexibility index (Phi) is 7.56. The second kappa shape index (κ2) is 9.68. The van der Waals surface area contributed by atoms with Crippen LogP contribution < -0.4 is 5.32 Å². The molecule has 1 N–H and O–H groups in total. The van der Waals surface area contributed by atoms with Crippen LogP contribution in [-0.4, -0.2) is 61.8 Å². The Bertz CT molecular complexity index is 837. The third-order valence-corrected chi connectivity index (χ3v) is 6.22. The van der Waals surface area contributed by atoms with Gasteiger partial charge in [0.1, 0.15) is 0 Å². The van der Waals surface area contributed by atoms with Gasteiger partial charge in [-0.25, -0.2) is 13.2 Å². The molecule has 0 radical (unpaired) electrons. The van der Waals surface area contributed by atoms with Gasteiger partial charge in [0.25, 0.3) is 5.91 Å². The maximum atomic E-state index is 12.6. The van der Waals surface area contributed by atoms with Gasteiger partial charge in [0.15, 0.2) is 16.4 Å². The standard InChI is InChI=1S/C19H26N2O6S/c1-3-4-9-21(17-8-10-28(25,26)13-17)18(23)12-27-19(24)15-6-5-7-16(11-15)20-14(2)22/h5-7,11,17H,3-4,8-10,12-13H2,1-2H3,(H,20,22)/t17-/m1/s1. The lowest BCUT2D eigenvalue weighted by atomic mass is 10.2. The first-order valence-corrected chi connectivity index (χ1v) is 11.1. The highest BCUT2D eigenvalue weighted by Crippen LogP contribution is 2.19. The van der Waals surface area contributed by atoms with Gasteiger partial charge in [0, 0.05) is 25.2 Å². The number of nitrogens with one attached hydrogen (secondary N) is 1. The van der Waals surface area contributed by atoms with Crippen molar-refractivity contribution in [1.29, 1.82) is 0 Å². The smallest absolute Gasteiger partial charge is 0.338 e. The third-order valence-electron chi connectivity index (χ3n) is 4.47. The number of hydrogen-bond acceptors (Lipinski definition) is 6. The molecule has 0 saturated carbocycles. The summed E-state index contributed by atoms with van der Waals surface area (Å²) in [5, 5.41) is 2.57. The zero-order chi connectivity index (χ0) is 20.7. The van der Waals surface area contributed by atoms with Crippen molar-refractivity contribution in [3.63, 3.8) is 0 Å². The number of hydrogen-bond donors (Lipinski definition) is 1. The molecule has 0 aliphatic carbocycles. The van der Waals surface area contributed by atoms with Crippen molar-refractivity contribution >= 4 is 33.3 Å². The maximum absolute atomic E-state index is 12.6. The molecular formula is C19H26N2O6S. The minimum absolute atomic E-state index is 0.0465. The van der Waals surface area contributed by atoms with E-state index >= 15 is 0 Å². The Morgan fingerprint density at radius 2 is 2.04 bits per heavy atom. The van der Waals surface area contributed by atoms with E-state index in [0.29, 0.717) is 18.7 Å². The Balaban J connectivity index is 1.99. The zero-order valence-electron chi connectivity index (χ0n) is 16.1. The molecule has 2 amide bonds. The molecule has 1 atom stereocenters. The molecule has 0 bridgehead atoms. The molecule has 0 unspecified atom stereocenters. The van der Waals surface area contributed by atoms with E-state index in [1.165, 1.54) is 24.0 Å². The quantitative estimate of drug-likeness (QED) is 0.652. The van der Waals surface area contributed by atoms with Gasteiger partial charge >= 0.3 is 5.97 Å². The molecule has 0 aromatic heterocycles. The van der Waals surface area contributed by atoms with Gasteiger partial charge in [-0.1, -0.05) is 19.4 Å². The van der Waals surface area contributed by atoms with Crippen LogP contribution in [0.15, 0.2) is 24.3 Å². The number of anilines is 1. The van der Waals surface area contributed by atoms with Crippen LogP contribution >= 0.6 is 0 Å². The molecule has 0 spiro atoms. The van der Waals surface area contributed by atoms with Crippen molar-refractivity contribution in [1.82, 2.24) is 4.90 Å². The van der Waals surface area contributed by atoms with E-state index in [0.717, 1.165) is 12.8 Å². The van der Waals surface area contributed by atoms with Gasteiger partial charge in [-0.15, -0.1) is 0 Å². The van der Waals surface area contributed by atoms with E-state index in [4.69, 9.17) is 4.74 Å². The minimum Gasteiger partial charge on any atom is -0.452 e. The van der Waals surface area contributed by atoms with Crippen LogP contribution in [0.25, 0.3) is 0 Å². The first-order valence-electron chi connectivity index (χ1n) is 9.26. The monoisotopic (exact) mass is 410 g/mol. The summed E-state index contributed by atoms with van der Waals surface area (Å²) in [7, 11) is -3.12. The highest BCUT2D eigenvalue weighted by atomic mass is 32.2. The van der Waals surface area contributed by atoms with Crippen LogP contribution in [0.3, 0.4) is 0 Å². The second-order valence-electron chi connectivity index (χ2n) is 6.84. The molecule has 28 heavy (non-hydrogen) atoms. The summed E-state index contributed by atoms with van der Waals surface area (Å²) in [4.78, 5) is 37.5. The number of ether oxygens (including phenoxy) is 1. The van der Waals surface area contributed by atoms with Crippen LogP contribution in [-0.2, 0) is 24.2 Å². The van der Waals surface area contributed by atoms with Gasteiger partial charge in [0.05, 0.1) is 17.1 Å². The fourth-order valence-corrected chi connectivity index (χ4v) is 4.81. The normalized spacial score (nSPS) is 17.7. The number of amides is 2. The average Bonchev–Trinajstić information content (AvgIpc) is 2.99. The van der Waals surface area contributed by atoms with Crippen LogP contribution in [0.1, 0.15) is 43.5 Å². The summed E-state index contributed by atoms with van der Waals surface area (Å²) >= 11 is 0. The molecule has 2 rings (SSSR count). The van der Waals surface area contributed by atoms with Crippen molar-refractivity contribution < 1.29 is 27.5 Å². The molecule has 1 aliphatic heterocycles. The Morgan fingerprint density at radius 1 is 1.29 bits per heavy atom. The van der Waals surface area contributed by atoms with Crippen LogP contribution in [0.5, 0.6) is 0 Å². The number of sulfone groups is 1. The Hall–Kier alpha value is -2.42. The number of rotatable bonds is 8. The third kappa shape index (κ3) is 6.33. The molecule has 1 fully saturated rings. The van der Waals surface area contributed by atoms with E-state index < -0.39 is 28.3 Å². The number of unbranched alkanes of at least 4 members (excludes halogenated alkanes) is 1. The number of benzene rings is 1. The molecule has 8 nitrogen and oxygen atoms in total. The van der Waals surface area contributed by atoms with Gasteiger partial charge in [-0.2, -0.15) is 0 Å². The fraction of sp³-hybridized carbons (Fsp3) is 0.526. The van der Waals surface area contributed by atoms with E-state index in [9.17, 15) is 22.8 Å². The minimum atomic E-state index is -3.12. The largest absolute Gasteiger partial charge is 0.452 e. The van der Waals surface area contributed by atoms with E-state index in [-0.39, 0.29) is 29.0 Å².